The lowest BCUT2D eigenvalue weighted by Gasteiger charge is -2.26. The van der Waals surface area contributed by atoms with Crippen LogP contribution in [0.1, 0.15) is 0 Å². The van der Waals surface area contributed by atoms with Gasteiger partial charge in [-0.05, 0) is 0 Å². The van der Waals surface area contributed by atoms with E-state index in [4.69, 9.17) is 92.8 Å². The van der Waals surface area contributed by atoms with Gasteiger partial charge < -0.3 is 0 Å². The van der Waals surface area contributed by atoms with Crippen LogP contribution in [0.5, 0.6) is 0 Å². The van der Waals surface area contributed by atoms with E-state index in [1.165, 1.54) is 0 Å². The quantitative estimate of drug-likeness (QED) is 0.382. The monoisotopic (exact) mass is 425 g/mol. The van der Waals surface area contributed by atoms with Crippen molar-refractivity contribution in [2.24, 2.45) is 0 Å². The molecule has 0 bridgehead atoms. The SMILES string of the molecule is O=P(OC(Cl)Cl)(OC(Cl)Cl)OC(Cl)(Cl)[C](Cl)Cl. The first-order chi connectivity index (χ1) is 7.48. The Labute approximate surface area is 137 Å². The summed E-state index contributed by atoms with van der Waals surface area (Å²) in [5.74, 6) is 0. The third-order valence-corrected chi connectivity index (χ3v) is 4.82. The predicted molar refractivity (Wildman–Crippen MR) is 71.2 cm³/mol. The molecule has 4 nitrogen and oxygen atoms in total. The molecule has 0 spiro atoms. The van der Waals surface area contributed by atoms with Crippen LogP contribution in [0.25, 0.3) is 0 Å². The summed E-state index contributed by atoms with van der Waals surface area (Å²) in [4.78, 5) is -0.686. The molecule has 13 heteroatoms. The van der Waals surface area contributed by atoms with Crippen LogP contribution in [-0.2, 0) is 18.1 Å². The lowest BCUT2D eigenvalue weighted by atomic mass is 10.8. The molecule has 0 aromatic carbocycles. The predicted octanol–water partition coefficient (Wildman–Crippen LogP) is 5.77. The van der Waals surface area contributed by atoms with Gasteiger partial charge in [0.05, 0.1) is 0 Å². The first-order valence-electron chi connectivity index (χ1n) is 3.28. The lowest BCUT2D eigenvalue weighted by Crippen LogP contribution is -2.21. The molecule has 0 heterocycles. The summed E-state index contributed by atoms with van der Waals surface area (Å²) in [6.07, 6.45) is 0. The Balaban J connectivity index is 4.88. The van der Waals surface area contributed by atoms with E-state index in [0.29, 0.717) is 0 Å². The highest BCUT2D eigenvalue weighted by atomic mass is 35.5. The molecule has 1 radical (unpaired) electrons. The van der Waals surface area contributed by atoms with Crippen molar-refractivity contribution in [3.05, 3.63) is 4.84 Å². The second kappa shape index (κ2) is 8.02. The molecule has 0 fully saturated rings. The maximum Gasteiger partial charge on any atom is 0.482 e. The van der Waals surface area contributed by atoms with Crippen molar-refractivity contribution in [3.8, 4) is 0 Å². The summed E-state index contributed by atoms with van der Waals surface area (Å²) in [6.45, 7) is 0. The second-order valence-corrected chi connectivity index (χ2v) is 7.79. The molecule has 103 valence electrons. The summed E-state index contributed by atoms with van der Waals surface area (Å²) >= 11 is 42.4. The van der Waals surface area contributed by atoms with Gasteiger partial charge in [-0.2, -0.15) is 0 Å². The van der Waals surface area contributed by atoms with Gasteiger partial charge in [-0.1, -0.05) is 92.8 Å². The number of phosphoric ester groups is 1. The number of rotatable bonds is 7. The van der Waals surface area contributed by atoms with Crippen molar-refractivity contribution in [2.75, 3.05) is 0 Å². The number of phosphoric acid groups is 1. The Kier molecular flexibility index (Phi) is 9.16. The van der Waals surface area contributed by atoms with Crippen LogP contribution in [0.3, 0.4) is 0 Å². The normalized spacial score (nSPS) is 14.1. The average molecular weight is 429 g/mol. The zero-order chi connectivity index (χ0) is 13.9. The van der Waals surface area contributed by atoms with Crippen molar-refractivity contribution in [3.63, 3.8) is 0 Å². The largest absolute Gasteiger partial charge is 0.482 e. The van der Waals surface area contributed by atoms with Gasteiger partial charge in [0.1, 0.15) is 0 Å². The molecular formula is C4H2Cl8O4P. The van der Waals surface area contributed by atoms with Crippen molar-refractivity contribution < 1.29 is 18.1 Å². The van der Waals surface area contributed by atoms with Gasteiger partial charge >= 0.3 is 7.82 Å². The maximum absolute atomic E-state index is 11.9. The smallest absolute Gasteiger partial charge is 0.252 e. The van der Waals surface area contributed by atoms with Crippen LogP contribution in [0, 0.1) is 4.84 Å². The zero-order valence-corrected chi connectivity index (χ0v) is 14.2. The van der Waals surface area contributed by atoms with Gasteiger partial charge in [0.15, 0.2) is 0 Å². The molecule has 0 aromatic rings. The van der Waals surface area contributed by atoms with Gasteiger partial charge in [-0.15, -0.1) is 0 Å². The van der Waals surface area contributed by atoms with E-state index >= 15 is 0 Å². The van der Waals surface area contributed by atoms with Gasteiger partial charge in [-0.25, -0.2) is 9.09 Å². The highest BCUT2D eigenvalue weighted by molar-refractivity contribution is 7.49. The fourth-order valence-corrected chi connectivity index (χ4v) is 3.20. The molecule has 0 saturated carbocycles. The maximum atomic E-state index is 11.9. The summed E-state index contributed by atoms with van der Waals surface area (Å²) in [5, 5.41) is -3.18. The average Bonchev–Trinajstić information content (AvgIpc) is 1.96. The summed E-state index contributed by atoms with van der Waals surface area (Å²) in [5.41, 5.74) is 0. The first kappa shape index (κ1) is 19.4. The van der Waals surface area contributed by atoms with E-state index in [9.17, 15) is 4.57 Å². The van der Waals surface area contributed by atoms with E-state index in [1.54, 1.807) is 0 Å². The molecule has 0 saturated heterocycles. The van der Waals surface area contributed by atoms with E-state index in [-0.39, 0.29) is 0 Å². The highest BCUT2D eigenvalue weighted by Gasteiger charge is 2.46. The third kappa shape index (κ3) is 8.34. The molecule has 0 aliphatic carbocycles. The van der Waals surface area contributed by atoms with E-state index < -0.39 is 27.2 Å². The number of halogens is 8. The van der Waals surface area contributed by atoms with Gasteiger partial charge in [0, 0.05) is 0 Å². The fourth-order valence-electron chi connectivity index (χ4n) is 0.438. The summed E-state index contributed by atoms with van der Waals surface area (Å²) < 4.78 is 22.8. The molecule has 0 amide bonds. The molecule has 0 atom stereocenters. The minimum Gasteiger partial charge on any atom is -0.252 e. The minimum absolute atomic E-state index is 0.686. The van der Waals surface area contributed by atoms with Crippen molar-refractivity contribution in [2.45, 2.75) is 14.6 Å². The molecule has 0 aromatic heterocycles. The number of hydrogen-bond acceptors (Lipinski definition) is 4. The zero-order valence-electron chi connectivity index (χ0n) is 7.26. The Morgan fingerprint density at radius 1 is 1.00 bits per heavy atom. The summed E-state index contributed by atoms with van der Waals surface area (Å²) in [6, 6.07) is 0. The second-order valence-electron chi connectivity index (χ2n) is 2.05. The molecule has 0 unspecified atom stereocenters. The van der Waals surface area contributed by atoms with Crippen LogP contribution in [0.15, 0.2) is 0 Å². The van der Waals surface area contributed by atoms with Crippen LogP contribution >= 0.6 is 101 Å². The standard InChI is InChI=1S/C4H2Cl8O4P/c5-1(6)4(11,12)16-17(13,14-2(7)8)15-3(9)10/h2-3H. The molecule has 0 aliphatic heterocycles. The molecule has 17 heavy (non-hydrogen) atoms. The Morgan fingerprint density at radius 2 is 1.35 bits per heavy atom. The summed E-state index contributed by atoms with van der Waals surface area (Å²) in [7, 11) is -4.49. The topological polar surface area (TPSA) is 44.8 Å². The van der Waals surface area contributed by atoms with Crippen LogP contribution in [0.2, 0.25) is 0 Å². The van der Waals surface area contributed by atoms with Crippen LogP contribution in [-0.4, -0.2) is 14.6 Å². The molecular weight excluding hydrogens is 427 g/mol. The Hall–Kier alpha value is 2.43. The molecule has 0 aliphatic rings. The van der Waals surface area contributed by atoms with Gasteiger partial charge in [0.25, 0.3) is 4.52 Å². The van der Waals surface area contributed by atoms with Gasteiger partial charge in [-0.3, -0.25) is 9.05 Å². The highest BCUT2D eigenvalue weighted by Crippen LogP contribution is 2.60. The van der Waals surface area contributed by atoms with Gasteiger partial charge in [0.2, 0.25) is 14.9 Å². The lowest BCUT2D eigenvalue weighted by molar-refractivity contribution is 0.112. The van der Waals surface area contributed by atoms with Crippen molar-refractivity contribution in [1.82, 2.24) is 0 Å². The number of alkyl halides is 6. The number of hydrogen-bond donors (Lipinski definition) is 0. The Bertz CT molecular complexity index is 269. The van der Waals surface area contributed by atoms with Crippen molar-refractivity contribution in [1.29, 1.82) is 0 Å². The van der Waals surface area contributed by atoms with E-state index in [1.807, 2.05) is 0 Å². The van der Waals surface area contributed by atoms with Crippen LogP contribution in [0.4, 0.5) is 0 Å². The van der Waals surface area contributed by atoms with Crippen molar-refractivity contribution >= 4 is 101 Å². The minimum atomic E-state index is -4.49. The Morgan fingerprint density at radius 3 is 1.59 bits per heavy atom. The molecule has 0 N–H and O–H groups in total. The van der Waals surface area contributed by atoms with Crippen LogP contribution < -0.4 is 0 Å². The third-order valence-electron chi connectivity index (χ3n) is 0.864. The van der Waals surface area contributed by atoms with E-state index in [0.717, 1.165) is 0 Å². The fraction of sp³-hybridized carbons (Fsp3) is 0.750. The molecule has 0 rings (SSSR count). The first-order valence-corrected chi connectivity index (χ1v) is 8.00. The van der Waals surface area contributed by atoms with E-state index in [2.05, 4.69) is 13.6 Å².